The molecule has 0 atom stereocenters. The summed E-state index contributed by atoms with van der Waals surface area (Å²) < 4.78 is 6.98. The molecule has 0 saturated carbocycles. The minimum Gasteiger partial charge on any atom is -0.378 e. The molecule has 0 bridgehead atoms. The molecule has 0 N–H and O–H groups in total. The van der Waals surface area contributed by atoms with Crippen LogP contribution in [-0.2, 0) is 0 Å². The zero-order valence-corrected chi connectivity index (χ0v) is 16.2. The van der Waals surface area contributed by atoms with E-state index >= 15 is 0 Å². The Morgan fingerprint density at radius 3 is 2.71 bits per heavy atom. The lowest BCUT2D eigenvalue weighted by Gasteiger charge is -2.32. The van der Waals surface area contributed by atoms with Crippen LogP contribution in [0.3, 0.4) is 0 Å². The first-order valence-electron chi connectivity index (χ1n) is 9.30. The predicted octanol–water partition coefficient (Wildman–Crippen LogP) is 2.18. The lowest BCUT2D eigenvalue weighted by molar-refractivity contribution is 0.0689. The fraction of sp³-hybridized carbons (Fsp3) is 0.421. The van der Waals surface area contributed by atoms with E-state index in [1.807, 2.05) is 59.0 Å². The van der Waals surface area contributed by atoms with E-state index in [4.69, 9.17) is 4.52 Å². The molecule has 1 fully saturated rings. The molecule has 9 heteroatoms. The highest BCUT2D eigenvalue weighted by Crippen LogP contribution is 2.25. The average Bonchev–Trinajstić information content (AvgIpc) is 3.37. The van der Waals surface area contributed by atoms with E-state index in [-0.39, 0.29) is 11.9 Å². The van der Waals surface area contributed by atoms with Crippen molar-refractivity contribution >= 4 is 11.6 Å². The molecule has 9 nitrogen and oxygen atoms in total. The lowest BCUT2D eigenvalue weighted by Crippen LogP contribution is -2.39. The van der Waals surface area contributed by atoms with Crippen molar-refractivity contribution in [3.63, 3.8) is 0 Å². The van der Waals surface area contributed by atoms with Gasteiger partial charge in [-0.15, -0.1) is 5.10 Å². The number of amides is 1. The molecule has 1 aliphatic heterocycles. The maximum Gasteiger partial charge on any atom is 0.280 e. The van der Waals surface area contributed by atoms with E-state index in [1.54, 1.807) is 6.92 Å². The van der Waals surface area contributed by atoms with Crippen molar-refractivity contribution < 1.29 is 9.32 Å². The van der Waals surface area contributed by atoms with Crippen LogP contribution in [0.25, 0.3) is 11.6 Å². The quantitative estimate of drug-likeness (QED) is 0.684. The molecule has 0 unspecified atom stereocenters. The van der Waals surface area contributed by atoms with Crippen molar-refractivity contribution in [1.29, 1.82) is 0 Å². The largest absolute Gasteiger partial charge is 0.378 e. The highest BCUT2D eigenvalue weighted by molar-refractivity contribution is 5.95. The average molecular weight is 381 g/mol. The van der Waals surface area contributed by atoms with Crippen LogP contribution in [0.5, 0.6) is 0 Å². The Balaban J connectivity index is 1.40. The molecule has 1 amide bonds. The van der Waals surface area contributed by atoms with Gasteiger partial charge >= 0.3 is 0 Å². The number of anilines is 1. The molecule has 0 spiro atoms. The third-order valence-corrected chi connectivity index (χ3v) is 4.99. The van der Waals surface area contributed by atoms with E-state index in [2.05, 4.69) is 20.5 Å². The van der Waals surface area contributed by atoms with Gasteiger partial charge in [-0.3, -0.25) is 4.79 Å². The van der Waals surface area contributed by atoms with Crippen LogP contribution < -0.4 is 4.90 Å². The summed E-state index contributed by atoms with van der Waals surface area (Å²) in [6.45, 7) is 3.13. The highest BCUT2D eigenvalue weighted by atomic mass is 16.5. The second-order valence-corrected chi connectivity index (χ2v) is 7.20. The summed E-state index contributed by atoms with van der Waals surface area (Å²) in [6, 6.07) is 7.92. The molecule has 1 aliphatic rings. The van der Waals surface area contributed by atoms with Crippen LogP contribution >= 0.6 is 0 Å². The molecule has 0 radical (unpaired) electrons. The van der Waals surface area contributed by atoms with E-state index in [0.717, 1.165) is 24.1 Å². The van der Waals surface area contributed by atoms with Crippen LogP contribution in [0.15, 0.2) is 35.0 Å². The number of benzene rings is 1. The van der Waals surface area contributed by atoms with Gasteiger partial charge in [0.15, 0.2) is 11.5 Å². The number of rotatable bonds is 4. The Hall–Kier alpha value is -3.23. The molecule has 0 aliphatic carbocycles. The molecule has 28 heavy (non-hydrogen) atoms. The normalized spacial score (nSPS) is 15.0. The number of carbonyl (C=O) groups is 1. The Morgan fingerprint density at radius 1 is 1.25 bits per heavy atom. The van der Waals surface area contributed by atoms with E-state index in [9.17, 15) is 4.79 Å². The minimum absolute atomic E-state index is 0.0720. The summed E-state index contributed by atoms with van der Waals surface area (Å²) >= 11 is 0. The van der Waals surface area contributed by atoms with Crippen molar-refractivity contribution in [2.24, 2.45) is 0 Å². The van der Waals surface area contributed by atoms with Crippen molar-refractivity contribution in [3.05, 3.63) is 41.9 Å². The van der Waals surface area contributed by atoms with Gasteiger partial charge in [0.2, 0.25) is 0 Å². The molecule has 3 heterocycles. The topological polar surface area (TPSA) is 93.2 Å². The fourth-order valence-electron chi connectivity index (χ4n) is 3.39. The van der Waals surface area contributed by atoms with E-state index in [1.165, 1.54) is 0 Å². The third-order valence-electron chi connectivity index (χ3n) is 4.99. The monoisotopic (exact) mass is 381 g/mol. The van der Waals surface area contributed by atoms with Gasteiger partial charge in [-0.1, -0.05) is 16.4 Å². The number of piperidine rings is 1. The highest BCUT2D eigenvalue weighted by Gasteiger charge is 2.26. The van der Waals surface area contributed by atoms with E-state index < -0.39 is 0 Å². The summed E-state index contributed by atoms with van der Waals surface area (Å²) in [5.41, 5.74) is 2.31. The lowest BCUT2D eigenvalue weighted by atomic mass is 10.0. The number of nitrogens with zero attached hydrogens (tertiary/aromatic N) is 7. The van der Waals surface area contributed by atoms with Gasteiger partial charge in [-0.2, -0.15) is 4.98 Å². The summed E-state index contributed by atoms with van der Waals surface area (Å²) in [4.78, 5) is 20.9. The molecular formula is C19H23N7O2. The number of hydrogen-bond donors (Lipinski definition) is 0. The first kappa shape index (κ1) is 18.1. The van der Waals surface area contributed by atoms with Gasteiger partial charge in [-0.25, -0.2) is 4.68 Å². The molecule has 1 aromatic carbocycles. The van der Waals surface area contributed by atoms with Crippen LogP contribution in [0, 0.1) is 6.92 Å². The molecule has 1 saturated heterocycles. The first-order chi connectivity index (χ1) is 13.5. The maximum atomic E-state index is 12.9. The van der Waals surface area contributed by atoms with Gasteiger partial charge < -0.3 is 14.3 Å². The molecular weight excluding hydrogens is 358 g/mol. The Bertz CT molecular complexity index is 970. The van der Waals surface area contributed by atoms with Crippen LogP contribution in [0.1, 0.15) is 35.1 Å². The summed E-state index contributed by atoms with van der Waals surface area (Å²) in [5, 5.41) is 12.1. The zero-order valence-electron chi connectivity index (χ0n) is 16.2. The molecule has 3 aromatic rings. The van der Waals surface area contributed by atoms with Crippen molar-refractivity contribution in [3.8, 4) is 11.6 Å². The second kappa shape index (κ2) is 7.41. The number of likely N-dealkylation sites (tertiary alicyclic amines) is 1. The van der Waals surface area contributed by atoms with Crippen LogP contribution in [0.4, 0.5) is 5.69 Å². The van der Waals surface area contributed by atoms with Gasteiger partial charge in [0.05, 0.1) is 12.2 Å². The van der Waals surface area contributed by atoms with Gasteiger partial charge in [-0.05, 0) is 38.0 Å². The number of aryl methyl sites for hydroxylation is 1. The van der Waals surface area contributed by atoms with Crippen molar-refractivity contribution in [1.82, 2.24) is 30.0 Å². The molecule has 146 valence electrons. The zero-order chi connectivity index (χ0) is 19.7. The number of aromatic nitrogens is 5. The van der Waals surface area contributed by atoms with E-state index in [0.29, 0.717) is 30.5 Å². The maximum absolute atomic E-state index is 12.9. The van der Waals surface area contributed by atoms with Gasteiger partial charge in [0.1, 0.15) is 0 Å². The Morgan fingerprint density at radius 2 is 2.04 bits per heavy atom. The SMILES string of the molecule is Cc1noc(-c2cn(C3CCN(C(=O)c4cccc(N(C)C)c4)CC3)nn2)n1. The Labute approximate surface area is 162 Å². The van der Waals surface area contributed by atoms with Crippen LogP contribution in [0.2, 0.25) is 0 Å². The smallest absolute Gasteiger partial charge is 0.280 e. The van der Waals surface area contributed by atoms with Crippen LogP contribution in [-0.4, -0.2) is 63.1 Å². The second-order valence-electron chi connectivity index (χ2n) is 7.20. The molecule has 4 rings (SSSR count). The first-order valence-corrected chi connectivity index (χ1v) is 9.30. The fourth-order valence-corrected chi connectivity index (χ4v) is 3.39. The summed E-state index contributed by atoms with van der Waals surface area (Å²) in [6.07, 6.45) is 3.48. The minimum atomic E-state index is 0.0720. The number of hydrogen-bond acceptors (Lipinski definition) is 7. The standard InChI is InChI=1S/C19H23N7O2/c1-13-20-18(28-22-13)17-12-26(23-21-17)15-7-9-25(10-8-15)19(27)14-5-4-6-16(11-14)24(2)3/h4-6,11-12,15H,7-10H2,1-3H3. The van der Waals surface area contributed by atoms with Crippen molar-refractivity contribution in [2.45, 2.75) is 25.8 Å². The van der Waals surface area contributed by atoms with Gasteiger partial charge in [0.25, 0.3) is 11.8 Å². The number of carbonyl (C=O) groups excluding carboxylic acids is 1. The predicted molar refractivity (Wildman–Crippen MR) is 103 cm³/mol. The summed E-state index contributed by atoms with van der Waals surface area (Å²) in [5.74, 6) is 1.01. The molecule has 2 aromatic heterocycles. The van der Waals surface area contributed by atoms with Gasteiger partial charge in [0, 0.05) is 38.4 Å². The summed E-state index contributed by atoms with van der Waals surface area (Å²) in [7, 11) is 3.94. The Kier molecular flexibility index (Phi) is 4.81. The van der Waals surface area contributed by atoms with Crippen molar-refractivity contribution in [2.75, 3.05) is 32.1 Å². The third kappa shape index (κ3) is 3.60.